The van der Waals surface area contributed by atoms with E-state index in [9.17, 15) is 4.79 Å². The van der Waals surface area contributed by atoms with Crippen molar-refractivity contribution in [2.45, 2.75) is 25.9 Å². The lowest BCUT2D eigenvalue weighted by Crippen LogP contribution is -2.61. The molecule has 4 heteroatoms. The van der Waals surface area contributed by atoms with Crippen molar-refractivity contribution in [3.8, 4) is 0 Å². The Labute approximate surface area is 73.1 Å². The summed E-state index contributed by atoms with van der Waals surface area (Å²) >= 11 is 0. The first-order valence-electron chi connectivity index (χ1n) is 4.42. The fourth-order valence-electron chi connectivity index (χ4n) is 1.52. The van der Waals surface area contributed by atoms with E-state index in [1.165, 1.54) is 0 Å². The average Bonchev–Trinajstić information content (AvgIpc) is 1.94. The molecule has 1 rings (SSSR count). The van der Waals surface area contributed by atoms with Crippen LogP contribution in [-0.4, -0.2) is 42.5 Å². The first-order chi connectivity index (χ1) is 5.66. The van der Waals surface area contributed by atoms with Gasteiger partial charge in [0.25, 0.3) is 0 Å². The average molecular weight is 171 g/mol. The van der Waals surface area contributed by atoms with E-state index in [0.29, 0.717) is 6.04 Å². The van der Waals surface area contributed by atoms with Crippen molar-refractivity contribution in [3.63, 3.8) is 0 Å². The molecular weight excluding hydrogens is 154 g/mol. The minimum Gasteiger partial charge on any atom is -0.368 e. The van der Waals surface area contributed by atoms with Crippen molar-refractivity contribution in [2.75, 3.05) is 19.6 Å². The zero-order valence-electron chi connectivity index (χ0n) is 7.71. The summed E-state index contributed by atoms with van der Waals surface area (Å²) in [5.74, 6) is -0.233. The van der Waals surface area contributed by atoms with E-state index in [4.69, 9.17) is 5.73 Å². The zero-order valence-corrected chi connectivity index (χ0v) is 7.71. The van der Waals surface area contributed by atoms with E-state index >= 15 is 0 Å². The molecule has 0 bridgehead atoms. The number of likely N-dealkylation sites (N-methyl/N-ethyl adjacent to an activating group) is 1. The second-order valence-electron chi connectivity index (χ2n) is 3.22. The fourth-order valence-corrected chi connectivity index (χ4v) is 1.52. The summed E-state index contributed by atoms with van der Waals surface area (Å²) in [6, 6.07) is 0.361. The molecule has 0 aromatic heterocycles. The van der Waals surface area contributed by atoms with Crippen LogP contribution in [0, 0.1) is 0 Å². The lowest BCUT2D eigenvalue weighted by molar-refractivity contribution is -0.123. The summed E-state index contributed by atoms with van der Waals surface area (Å²) in [5.41, 5.74) is 5.23. The summed E-state index contributed by atoms with van der Waals surface area (Å²) in [4.78, 5) is 13.0. The molecule has 0 radical (unpaired) electrons. The van der Waals surface area contributed by atoms with Gasteiger partial charge in [-0.2, -0.15) is 0 Å². The minimum absolute atomic E-state index is 0.137. The Morgan fingerprint density at radius 1 is 1.75 bits per heavy atom. The molecule has 70 valence electrons. The van der Waals surface area contributed by atoms with Gasteiger partial charge in [-0.25, -0.2) is 0 Å². The molecule has 1 amide bonds. The van der Waals surface area contributed by atoms with E-state index in [-0.39, 0.29) is 11.9 Å². The summed E-state index contributed by atoms with van der Waals surface area (Å²) in [6.45, 7) is 6.76. The van der Waals surface area contributed by atoms with Crippen LogP contribution >= 0.6 is 0 Å². The molecule has 1 heterocycles. The Morgan fingerprint density at radius 3 is 2.58 bits per heavy atom. The van der Waals surface area contributed by atoms with Gasteiger partial charge in [0.2, 0.25) is 5.91 Å². The van der Waals surface area contributed by atoms with Crippen molar-refractivity contribution in [2.24, 2.45) is 5.73 Å². The van der Waals surface area contributed by atoms with Gasteiger partial charge >= 0.3 is 0 Å². The summed E-state index contributed by atoms with van der Waals surface area (Å²) in [5, 5.41) is 3.18. The quantitative estimate of drug-likeness (QED) is 0.579. The number of nitrogens with two attached hydrogens (primary N) is 1. The second kappa shape index (κ2) is 3.87. The molecule has 0 aliphatic carbocycles. The van der Waals surface area contributed by atoms with Gasteiger partial charge in [-0.15, -0.1) is 0 Å². The van der Waals surface area contributed by atoms with Gasteiger partial charge in [0.15, 0.2) is 0 Å². The van der Waals surface area contributed by atoms with Crippen molar-refractivity contribution in [1.82, 2.24) is 10.2 Å². The predicted octanol–water partition coefficient (Wildman–Crippen LogP) is -0.846. The Balaban J connectivity index is 2.48. The number of hydrogen-bond acceptors (Lipinski definition) is 3. The molecule has 0 aromatic rings. The number of rotatable bonds is 4. The molecule has 0 aromatic carbocycles. The van der Waals surface area contributed by atoms with Crippen molar-refractivity contribution < 1.29 is 4.79 Å². The third kappa shape index (κ3) is 1.76. The summed E-state index contributed by atoms with van der Waals surface area (Å²) < 4.78 is 0. The maximum Gasteiger partial charge on any atom is 0.234 e. The number of primary amides is 1. The highest BCUT2D eigenvalue weighted by molar-refractivity contribution is 5.79. The highest BCUT2D eigenvalue weighted by atomic mass is 16.1. The van der Waals surface area contributed by atoms with E-state index in [2.05, 4.69) is 17.1 Å². The van der Waals surface area contributed by atoms with Crippen LogP contribution in [0.2, 0.25) is 0 Å². The lowest BCUT2D eigenvalue weighted by atomic mass is 10.1. The fraction of sp³-hybridized carbons (Fsp3) is 0.875. The molecule has 0 saturated carbocycles. The van der Waals surface area contributed by atoms with Crippen LogP contribution in [-0.2, 0) is 4.79 Å². The van der Waals surface area contributed by atoms with Crippen LogP contribution in [0.25, 0.3) is 0 Å². The molecular formula is C8H17N3O. The van der Waals surface area contributed by atoms with E-state index in [1.807, 2.05) is 6.92 Å². The minimum atomic E-state index is -0.233. The molecule has 0 spiro atoms. The monoisotopic (exact) mass is 171 g/mol. The lowest BCUT2D eigenvalue weighted by Gasteiger charge is -2.40. The number of amides is 1. The molecule has 12 heavy (non-hydrogen) atoms. The number of nitrogens with one attached hydrogen (secondary N) is 1. The third-order valence-electron chi connectivity index (χ3n) is 2.50. The SMILES string of the molecule is CCN(C1CNC1)C(C)C(N)=O. The molecule has 1 fully saturated rings. The van der Waals surface area contributed by atoms with Crippen LogP contribution in [0.5, 0.6) is 0 Å². The maximum atomic E-state index is 10.9. The van der Waals surface area contributed by atoms with Gasteiger partial charge in [-0.1, -0.05) is 6.92 Å². The Hall–Kier alpha value is -0.610. The Morgan fingerprint density at radius 2 is 2.33 bits per heavy atom. The number of nitrogens with zero attached hydrogens (tertiary/aromatic N) is 1. The van der Waals surface area contributed by atoms with Gasteiger partial charge in [0, 0.05) is 19.1 Å². The highest BCUT2D eigenvalue weighted by Crippen LogP contribution is 2.08. The molecule has 1 unspecified atom stereocenters. The number of carbonyl (C=O) groups excluding carboxylic acids is 1. The number of hydrogen-bond donors (Lipinski definition) is 2. The van der Waals surface area contributed by atoms with E-state index in [0.717, 1.165) is 19.6 Å². The largest absolute Gasteiger partial charge is 0.368 e. The van der Waals surface area contributed by atoms with Crippen LogP contribution in [0.15, 0.2) is 0 Å². The summed E-state index contributed by atoms with van der Waals surface area (Å²) in [6.07, 6.45) is 0. The molecule has 1 atom stereocenters. The standard InChI is InChI=1S/C8H17N3O/c1-3-11(6(2)8(9)12)7-4-10-5-7/h6-7,10H,3-5H2,1-2H3,(H2,9,12). The van der Waals surface area contributed by atoms with Gasteiger partial charge in [0.1, 0.15) is 0 Å². The van der Waals surface area contributed by atoms with Crippen molar-refractivity contribution in [3.05, 3.63) is 0 Å². The maximum absolute atomic E-state index is 10.9. The van der Waals surface area contributed by atoms with Crippen molar-refractivity contribution in [1.29, 1.82) is 0 Å². The Bertz CT molecular complexity index is 168. The van der Waals surface area contributed by atoms with Crippen molar-refractivity contribution >= 4 is 5.91 Å². The molecule has 1 aliphatic heterocycles. The van der Waals surface area contributed by atoms with Crippen LogP contribution in [0.4, 0.5) is 0 Å². The first-order valence-corrected chi connectivity index (χ1v) is 4.42. The van der Waals surface area contributed by atoms with E-state index in [1.54, 1.807) is 0 Å². The normalized spacial score (nSPS) is 20.6. The first kappa shape index (κ1) is 9.48. The molecule has 1 aliphatic rings. The smallest absolute Gasteiger partial charge is 0.234 e. The zero-order chi connectivity index (χ0) is 9.14. The van der Waals surface area contributed by atoms with Gasteiger partial charge in [0.05, 0.1) is 6.04 Å². The van der Waals surface area contributed by atoms with Gasteiger partial charge in [-0.3, -0.25) is 9.69 Å². The third-order valence-corrected chi connectivity index (χ3v) is 2.50. The Kier molecular flexibility index (Phi) is 3.05. The molecule has 3 N–H and O–H groups in total. The predicted molar refractivity (Wildman–Crippen MR) is 47.7 cm³/mol. The van der Waals surface area contributed by atoms with E-state index < -0.39 is 0 Å². The van der Waals surface area contributed by atoms with Gasteiger partial charge in [-0.05, 0) is 13.5 Å². The molecule has 4 nitrogen and oxygen atoms in total. The summed E-state index contributed by atoms with van der Waals surface area (Å²) in [7, 11) is 0. The highest BCUT2D eigenvalue weighted by Gasteiger charge is 2.29. The molecule has 1 saturated heterocycles. The van der Waals surface area contributed by atoms with Crippen LogP contribution in [0.3, 0.4) is 0 Å². The second-order valence-corrected chi connectivity index (χ2v) is 3.22. The number of carbonyl (C=O) groups is 1. The van der Waals surface area contributed by atoms with Crippen LogP contribution < -0.4 is 11.1 Å². The van der Waals surface area contributed by atoms with Gasteiger partial charge < -0.3 is 11.1 Å². The van der Waals surface area contributed by atoms with Crippen LogP contribution in [0.1, 0.15) is 13.8 Å². The topological polar surface area (TPSA) is 58.4 Å².